The van der Waals surface area contributed by atoms with Crippen molar-refractivity contribution in [2.45, 2.75) is 39.3 Å². The third-order valence-electron chi connectivity index (χ3n) is 5.36. The second-order valence-corrected chi connectivity index (χ2v) is 7.70. The Labute approximate surface area is 169 Å². The van der Waals surface area contributed by atoms with E-state index in [-0.39, 0.29) is 0 Å². The Morgan fingerprint density at radius 1 is 1.11 bits per heavy atom. The molecular weight excluding hydrogens is 346 g/mol. The Hall–Kier alpha value is -2.40. The Balaban J connectivity index is 1.44. The molecule has 2 aromatic rings. The van der Waals surface area contributed by atoms with E-state index in [9.17, 15) is 0 Å². The fourth-order valence-corrected chi connectivity index (χ4v) is 3.58. The minimum absolute atomic E-state index is 0.772. The minimum atomic E-state index is 0.772. The van der Waals surface area contributed by atoms with Crippen molar-refractivity contribution in [2.75, 3.05) is 26.7 Å². The highest BCUT2D eigenvalue weighted by Gasteiger charge is 2.15. The van der Waals surface area contributed by atoms with E-state index in [1.165, 1.54) is 37.1 Å². The summed E-state index contributed by atoms with van der Waals surface area (Å²) in [6, 6.07) is 14.9. The second kappa shape index (κ2) is 10.8. The number of hydrogen-bond donors (Lipinski definition) is 2. The molecule has 5 nitrogen and oxygen atoms in total. The van der Waals surface area contributed by atoms with Crippen LogP contribution in [0.5, 0.6) is 0 Å². The van der Waals surface area contributed by atoms with Gasteiger partial charge in [0, 0.05) is 45.0 Å². The van der Waals surface area contributed by atoms with Crippen LogP contribution in [-0.4, -0.2) is 42.5 Å². The number of rotatable bonds is 7. The first-order valence-corrected chi connectivity index (χ1v) is 10.4. The van der Waals surface area contributed by atoms with Gasteiger partial charge in [-0.15, -0.1) is 0 Å². The van der Waals surface area contributed by atoms with Crippen LogP contribution < -0.4 is 10.6 Å². The minimum Gasteiger partial charge on any atom is -0.356 e. The van der Waals surface area contributed by atoms with Gasteiger partial charge >= 0.3 is 0 Å². The number of likely N-dealkylation sites (tertiary alicyclic amines) is 1. The quantitative estimate of drug-likeness (QED) is 0.573. The van der Waals surface area contributed by atoms with E-state index in [2.05, 4.69) is 56.7 Å². The molecule has 0 radical (unpaired) electrons. The molecule has 1 aliphatic heterocycles. The molecule has 0 bridgehead atoms. The monoisotopic (exact) mass is 379 g/mol. The van der Waals surface area contributed by atoms with Crippen molar-refractivity contribution in [1.29, 1.82) is 0 Å². The Morgan fingerprint density at radius 2 is 1.93 bits per heavy atom. The lowest BCUT2D eigenvalue weighted by Gasteiger charge is -2.30. The molecular formula is C23H33N5. The van der Waals surface area contributed by atoms with Crippen LogP contribution in [-0.2, 0) is 19.5 Å². The van der Waals surface area contributed by atoms with Gasteiger partial charge < -0.3 is 10.6 Å². The number of nitrogens with zero attached hydrogens (tertiary/aromatic N) is 3. The Bertz CT molecular complexity index is 736. The lowest BCUT2D eigenvalue weighted by atomic mass is 9.98. The molecule has 1 fully saturated rings. The standard InChI is InChI=1S/C23H33N5/c1-19-10-14-28(15-11-19)18-21-7-5-6-20(16-21)17-27-23(24-2)26-13-9-22-8-3-4-12-25-22/h3-8,12,16,19H,9-11,13-15,17-18H2,1-2H3,(H2,24,26,27). The zero-order chi connectivity index (χ0) is 19.6. The summed E-state index contributed by atoms with van der Waals surface area (Å²) in [6.45, 7) is 7.43. The summed E-state index contributed by atoms with van der Waals surface area (Å²) in [6.07, 6.45) is 5.36. The number of piperidine rings is 1. The molecule has 2 N–H and O–H groups in total. The van der Waals surface area contributed by atoms with Crippen molar-refractivity contribution in [1.82, 2.24) is 20.5 Å². The molecule has 1 aromatic heterocycles. The normalized spacial score (nSPS) is 16.1. The largest absolute Gasteiger partial charge is 0.356 e. The number of nitrogens with one attached hydrogen (secondary N) is 2. The van der Waals surface area contributed by atoms with Gasteiger partial charge in [-0.2, -0.15) is 0 Å². The van der Waals surface area contributed by atoms with Crippen molar-refractivity contribution >= 4 is 5.96 Å². The molecule has 0 atom stereocenters. The average Bonchev–Trinajstić information content (AvgIpc) is 2.73. The zero-order valence-electron chi connectivity index (χ0n) is 17.2. The van der Waals surface area contributed by atoms with E-state index in [1.807, 2.05) is 31.4 Å². The van der Waals surface area contributed by atoms with Crippen LogP contribution in [0, 0.1) is 5.92 Å². The summed E-state index contributed by atoms with van der Waals surface area (Å²) in [5.74, 6) is 1.70. The van der Waals surface area contributed by atoms with Crippen molar-refractivity contribution in [3.63, 3.8) is 0 Å². The predicted octanol–water partition coefficient (Wildman–Crippen LogP) is 3.22. The molecule has 150 valence electrons. The van der Waals surface area contributed by atoms with Gasteiger partial charge in [0.15, 0.2) is 5.96 Å². The first kappa shape index (κ1) is 20.3. The number of guanidine groups is 1. The molecule has 3 rings (SSSR count). The summed E-state index contributed by atoms with van der Waals surface area (Å²) in [7, 11) is 1.81. The second-order valence-electron chi connectivity index (χ2n) is 7.70. The molecule has 0 unspecified atom stereocenters. The molecule has 2 heterocycles. The SMILES string of the molecule is CN=C(NCCc1ccccn1)NCc1cccc(CN2CCC(C)CC2)c1. The van der Waals surface area contributed by atoms with Crippen molar-refractivity contribution in [2.24, 2.45) is 10.9 Å². The highest BCUT2D eigenvalue weighted by molar-refractivity contribution is 5.79. The third-order valence-corrected chi connectivity index (χ3v) is 5.36. The first-order chi connectivity index (χ1) is 13.7. The molecule has 1 aliphatic rings. The highest BCUT2D eigenvalue weighted by Crippen LogP contribution is 2.18. The molecule has 0 spiro atoms. The van der Waals surface area contributed by atoms with Crippen molar-refractivity contribution < 1.29 is 0 Å². The summed E-state index contributed by atoms with van der Waals surface area (Å²) in [4.78, 5) is 11.2. The van der Waals surface area contributed by atoms with E-state index in [1.54, 1.807) is 0 Å². The highest BCUT2D eigenvalue weighted by atomic mass is 15.2. The number of hydrogen-bond acceptors (Lipinski definition) is 3. The van der Waals surface area contributed by atoms with E-state index in [0.717, 1.165) is 43.6 Å². The number of pyridine rings is 1. The van der Waals surface area contributed by atoms with Crippen LogP contribution in [0.3, 0.4) is 0 Å². The summed E-state index contributed by atoms with van der Waals surface area (Å²) in [5, 5.41) is 6.78. The maximum absolute atomic E-state index is 4.35. The van der Waals surface area contributed by atoms with Crippen molar-refractivity contribution in [3.05, 3.63) is 65.5 Å². The summed E-state index contributed by atoms with van der Waals surface area (Å²) in [5.41, 5.74) is 3.77. The van der Waals surface area contributed by atoms with E-state index < -0.39 is 0 Å². The van der Waals surface area contributed by atoms with Gasteiger partial charge in [-0.05, 0) is 55.1 Å². The summed E-state index contributed by atoms with van der Waals surface area (Å²) < 4.78 is 0. The zero-order valence-corrected chi connectivity index (χ0v) is 17.2. The lowest BCUT2D eigenvalue weighted by molar-refractivity contribution is 0.185. The third kappa shape index (κ3) is 6.64. The van der Waals surface area contributed by atoms with Crippen LogP contribution in [0.4, 0.5) is 0 Å². The predicted molar refractivity (Wildman–Crippen MR) is 116 cm³/mol. The van der Waals surface area contributed by atoms with Crippen molar-refractivity contribution in [3.8, 4) is 0 Å². The van der Waals surface area contributed by atoms with Crippen LogP contribution in [0.15, 0.2) is 53.7 Å². The fourth-order valence-electron chi connectivity index (χ4n) is 3.58. The molecule has 0 saturated carbocycles. The average molecular weight is 380 g/mol. The van der Waals surface area contributed by atoms with E-state index >= 15 is 0 Å². The lowest BCUT2D eigenvalue weighted by Crippen LogP contribution is -2.38. The van der Waals surface area contributed by atoms with Gasteiger partial charge in [0.1, 0.15) is 0 Å². The van der Waals surface area contributed by atoms with Crippen LogP contribution >= 0.6 is 0 Å². The van der Waals surface area contributed by atoms with Crippen LogP contribution in [0.2, 0.25) is 0 Å². The number of aliphatic imine (C=N–C) groups is 1. The van der Waals surface area contributed by atoms with Gasteiger partial charge in [0.05, 0.1) is 0 Å². The Morgan fingerprint density at radius 3 is 2.68 bits per heavy atom. The molecule has 1 aromatic carbocycles. The van der Waals surface area contributed by atoms with Gasteiger partial charge in [0.25, 0.3) is 0 Å². The van der Waals surface area contributed by atoms with E-state index in [4.69, 9.17) is 0 Å². The maximum Gasteiger partial charge on any atom is 0.191 e. The summed E-state index contributed by atoms with van der Waals surface area (Å²) >= 11 is 0. The Kier molecular flexibility index (Phi) is 7.85. The smallest absolute Gasteiger partial charge is 0.191 e. The van der Waals surface area contributed by atoms with Gasteiger partial charge in [-0.25, -0.2) is 0 Å². The van der Waals surface area contributed by atoms with Gasteiger partial charge in [0.2, 0.25) is 0 Å². The molecule has 0 aliphatic carbocycles. The van der Waals surface area contributed by atoms with Gasteiger partial charge in [-0.1, -0.05) is 37.3 Å². The van der Waals surface area contributed by atoms with E-state index in [0.29, 0.717) is 0 Å². The molecule has 0 amide bonds. The molecule has 28 heavy (non-hydrogen) atoms. The number of benzene rings is 1. The maximum atomic E-state index is 4.35. The topological polar surface area (TPSA) is 52.6 Å². The molecule has 1 saturated heterocycles. The first-order valence-electron chi connectivity index (χ1n) is 10.4. The molecule has 5 heteroatoms. The number of aromatic nitrogens is 1. The van der Waals surface area contributed by atoms with Crippen LogP contribution in [0.25, 0.3) is 0 Å². The fraction of sp³-hybridized carbons (Fsp3) is 0.478. The van der Waals surface area contributed by atoms with Gasteiger partial charge in [-0.3, -0.25) is 14.9 Å². The van der Waals surface area contributed by atoms with Crippen LogP contribution in [0.1, 0.15) is 36.6 Å².